The highest BCUT2D eigenvalue weighted by molar-refractivity contribution is 5.75. The van der Waals surface area contributed by atoms with Crippen LogP contribution in [0.4, 0.5) is 0 Å². The third-order valence-electron chi connectivity index (χ3n) is 4.93. The molecule has 1 heterocycles. The summed E-state index contributed by atoms with van der Waals surface area (Å²) in [6.07, 6.45) is 7.60. The standard InChI is InChI=1S/C24H30N2O2/c1-4-6-7-10-16-26-21-13-9-8-12-20(21)25-24(26)18-28-22-15-14-19(11-5-2)17-23(22)27-3/h5,8-9,12-15,17H,2,4,6-7,10-11,16,18H2,1,3H3. The Labute approximate surface area is 167 Å². The van der Waals surface area contributed by atoms with Gasteiger partial charge in [0.2, 0.25) is 0 Å². The van der Waals surface area contributed by atoms with Gasteiger partial charge in [-0.1, -0.05) is 50.5 Å². The van der Waals surface area contributed by atoms with Crippen LogP contribution in [0.5, 0.6) is 11.5 Å². The van der Waals surface area contributed by atoms with Crippen molar-refractivity contribution in [2.75, 3.05) is 7.11 Å². The number of allylic oxidation sites excluding steroid dienone is 1. The number of rotatable bonds is 11. The summed E-state index contributed by atoms with van der Waals surface area (Å²) in [5.74, 6) is 2.43. The van der Waals surface area contributed by atoms with Crippen LogP contribution in [0, 0.1) is 0 Å². The van der Waals surface area contributed by atoms with Crippen molar-refractivity contribution in [3.63, 3.8) is 0 Å². The maximum atomic E-state index is 6.11. The fourth-order valence-corrected chi connectivity index (χ4v) is 3.45. The van der Waals surface area contributed by atoms with Crippen molar-refractivity contribution in [3.05, 3.63) is 66.5 Å². The number of unbranched alkanes of at least 4 members (excludes halogenated alkanes) is 3. The average molecular weight is 379 g/mol. The molecule has 0 aliphatic rings. The van der Waals surface area contributed by atoms with Crippen molar-refractivity contribution in [1.29, 1.82) is 0 Å². The summed E-state index contributed by atoms with van der Waals surface area (Å²) in [7, 11) is 1.67. The number of fused-ring (bicyclic) bond motifs is 1. The van der Waals surface area contributed by atoms with Gasteiger partial charge in [0, 0.05) is 6.54 Å². The second kappa shape index (κ2) is 9.98. The Balaban J connectivity index is 1.79. The lowest BCUT2D eigenvalue weighted by molar-refractivity contribution is 0.271. The van der Waals surface area contributed by atoms with E-state index in [1.165, 1.54) is 24.8 Å². The highest BCUT2D eigenvalue weighted by atomic mass is 16.5. The zero-order valence-corrected chi connectivity index (χ0v) is 17.0. The Morgan fingerprint density at radius 1 is 1.07 bits per heavy atom. The van der Waals surface area contributed by atoms with E-state index in [-0.39, 0.29) is 0 Å². The van der Waals surface area contributed by atoms with Crippen LogP contribution in [0.25, 0.3) is 11.0 Å². The fourth-order valence-electron chi connectivity index (χ4n) is 3.45. The maximum Gasteiger partial charge on any atom is 0.161 e. The van der Waals surface area contributed by atoms with Crippen molar-refractivity contribution < 1.29 is 9.47 Å². The van der Waals surface area contributed by atoms with E-state index in [9.17, 15) is 0 Å². The van der Waals surface area contributed by atoms with E-state index >= 15 is 0 Å². The van der Waals surface area contributed by atoms with E-state index in [0.717, 1.165) is 47.8 Å². The molecular weight excluding hydrogens is 348 g/mol. The van der Waals surface area contributed by atoms with Gasteiger partial charge in [-0.3, -0.25) is 0 Å². The van der Waals surface area contributed by atoms with Crippen LogP contribution in [0.3, 0.4) is 0 Å². The summed E-state index contributed by atoms with van der Waals surface area (Å²) in [6, 6.07) is 14.3. The van der Waals surface area contributed by atoms with Crippen molar-refractivity contribution in [1.82, 2.24) is 9.55 Å². The lowest BCUT2D eigenvalue weighted by atomic mass is 10.1. The van der Waals surface area contributed by atoms with E-state index in [2.05, 4.69) is 36.3 Å². The number of hydrogen-bond donors (Lipinski definition) is 0. The number of hydrogen-bond acceptors (Lipinski definition) is 3. The average Bonchev–Trinajstić information content (AvgIpc) is 3.08. The van der Waals surface area contributed by atoms with Crippen molar-refractivity contribution >= 4 is 11.0 Å². The van der Waals surface area contributed by atoms with Crippen LogP contribution in [0.15, 0.2) is 55.1 Å². The monoisotopic (exact) mass is 378 g/mol. The SMILES string of the molecule is C=CCc1ccc(OCc2nc3ccccc3n2CCCCCC)c(OC)c1. The highest BCUT2D eigenvalue weighted by Gasteiger charge is 2.12. The molecule has 0 amide bonds. The molecule has 0 radical (unpaired) electrons. The molecule has 0 aliphatic carbocycles. The van der Waals surface area contributed by atoms with Gasteiger partial charge in [0.05, 0.1) is 18.1 Å². The molecule has 3 aromatic rings. The van der Waals surface area contributed by atoms with Gasteiger partial charge in [-0.15, -0.1) is 6.58 Å². The lowest BCUT2D eigenvalue weighted by Gasteiger charge is -2.13. The Morgan fingerprint density at radius 2 is 1.93 bits per heavy atom. The molecule has 2 aromatic carbocycles. The summed E-state index contributed by atoms with van der Waals surface area (Å²) >= 11 is 0. The van der Waals surface area contributed by atoms with Crippen molar-refractivity contribution in [3.8, 4) is 11.5 Å². The van der Waals surface area contributed by atoms with Gasteiger partial charge in [-0.2, -0.15) is 0 Å². The Hall–Kier alpha value is -2.75. The van der Waals surface area contributed by atoms with E-state index in [0.29, 0.717) is 6.61 Å². The molecule has 0 saturated heterocycles. The fraction of sp³-hybridized carbons (Fsp3) is 0.375. The summed E-state index contributed by atoms with van der Waals surface area (Å²) in [4.78, 5) is 4.81. The summed E-state index contributed by atoms with van der Waals surface area (Å²) in [5.41, 5.74) is 3.35. The first-order valence-electron chi connectivity index (χ1n) is 10.1. The van der Waals surface area contributed by atoms with Crippen LogP contribution in [0.2, 0.25) is 0 Å². The number of methoxy groups -OCH3 is 1. The van der Waals surface area contributed by atoms with Crippen molar-refractivity contribution in [2.45, 2.75) is 52.2 Å². The summed E-state index contributed by atoms with van der Waals surface area (Å²) in [5, 5.41) is 0. The molecule has 4 nitrogen and oxygen atoms in total. The van der Waals surface area contributed by atoms with Crippen LogP contribution >= 0.6 is 0 Å². The topological polar surface area (TPSA) is 36.3 Å². The van der Waals surface area contributed by atoms with Gasteiger partial charge in [0.15, 0.2) is 11.5 Å². The third kappa shape index (κ3) is 4.75. The summed E-state index contributed by atoms with van der Waals surface area (Å²) < 4.78 is 13.9. The number of benzene rings is 2. The van der Waals surface area contributed by atoms with E-state index in [4.69, 9.17) is 14.5 Å². The quantitative estimate of drug-likeness (QED) is 0.306. The Bertz CT molecular complexity index is 914. The molecule has 0 unspecified atom stereocenters. The minimum Gasteiger partial charge on any atom is -0.493 e. The first-order valence-corrected chi connectivity index (χ1v) is 10.1. The van der Waals surface area contributed by atoms with Crippen LogP contribution in [-0.4, -0.2) is 16.7 Å². The normalized spacial score (nSPS) is 10.9. The second-order valence-electron chi connectivity index (χ2n) is 7.00. The van der Waals surface area contributed by atoms with Crippen LogP contribution < -0.4 is 9.47 Å². The lowest BCUT2D eigenvalue weighted by Crippen LogP contribution is -2.08. The molecule has 28 heavy (non-hydrogen) atoms. The molecular formula is C24H30N2O2. The molecule has 4 heteroatoms. The van der Waals surface area contributed by atoms with Crippen LogP contribution in [0.1, 0.15) is 44.0 Å². The molecule has 0 atom stereocenters. The van der Waals surface area contributed by atoms with Gasteiger partial charge in [-0.25, -0.2) is 4.98 Å². The first-order chi connectivity index (χ1) is 13.8. The zero-order chi connectivity index (χ0) is 19.8. The van der Waals surface area contributed by atoms with E-state index < -0.39 is 0 Å². The Kier molecular flexibility index (Phi) is 7.12. The highest BCUT2D eigenvalue weighted by Crippen LogP contribution is 2.29. The zero-order valence-electron chi connectivity index (χ0n) is 17.0. The number of aryl methyl sites for hydroxylation is 1. The molecule has 0 spiro atoms. The van der Waals surface area contributed by atoms with E-state index in [1.807, 2.05) is 30.3 Å². The van der Waals surface area contributed by atoms with Gasteiger partial charge < -0.3 is 14.0 Å². The first kappa shape index (κ1) is 20.0. The van der Waals surface area contributed by atoms with Crippen LogP contribution in [-0.2, 0) is 19.6 Å². The molecule has 0 N–H and O–H groups in total. The smallest absolute Gasteiger partial charge is 0.161 e. The largest absolute Gasteiger partial charge is 0.493 e. The summed E-state index contributed by atoms with van der Waals surface area (Å²) in [6.45, 7) is 7.41. The van der Waals surface area contributed by atoms with Crippen molar-refractivity contribution in [2.24, 2.45) is 0 Å². The molecule has 148 valence electrons. The predicted molar refractivity (Wildman–Crippen MR) is 115 cm³/mol. The molecule has 0 saturated carbocycles. The van der Waals surface area contributed by atoms with Gasteiger partial charge in [0.1, 0.15) is 12.4 Å². The minimum absolute atomic E-state index is 0.416. The molecule has 0 fully saturated rings. The Morgan fingerprint density at radius 3 is 2.71 bits per heavy atom. The van der Waals surface area contributed by atoms with E-state index in [1.54, 1.807) is 7.11 Å². The third-order valence-corrected chi connectivity index (χ3v) is 4.93. The van der Waals surface area contributed by atoms with Gasteiger partial charge in [-0.05, 0) is 42.7 Å². The molecule has 3 rings (SSSR count). The van der Waals surface area contributed by atoms with Gasteiger partial charge in [0.25, 0.3) is 0 Å². The van der Waals surface area contributed by atoms with Gasteiger partial charge >= 0.3 is 0 Å². The number of ether oxygens (including phenoxy) is 2. The number of para-hydroxylation sites is 2. The predicted octanol–water partition coefficient (Wildman–Crippen LogP) is 5.93. The number of nitrogens with zero attached hydrogens (tertiary/aromatic N) is 2. The maximum absolute atomic E-state index is 6.11. The second-order valence-corrected chi connectivity index (χ2v) is 7.00. The number of imidazole rings is 1. The minimum atomic E-state index is 0.416. The molecule has 0 bridgehead atoms. The molecule has 0 aliphatic heterocycles. The number of aromatic nitrogens is 2. The molecule has 1 aromatic heterocycles.